The third kappa shape index (κ3) is 3.13. The van der Waals surface area contributed by atoms with Gasteiger partial charge in [0.15, 0.2) is 9.84 Å². The molecule has 2 aromatic carbocycles. The largest absolute Gasteiger partial charge is 0.326 e. The van der Waals surface area contributed by atoms with Crippen LogP contribution in [0.2, 0.25) is 0 Å². The third-order valence-corrected chi connectivity index (χ3v) is 8.02. The number of fused-ring (bicyclic) bond motifs is 1. The summed E-state index contributed by atoms with van der Waals surface area (Å²) < 4.78 is 46.2. The van der Waals surface area contributed by atoms with Crippen molar-refractivity contribution in [3.05, 3.63) is 59.7 Å². The standard InChI is InChI=1S/C15H17NO4S2.ClH/c16-9-11-6-7-14-13(8-11)15(10-21(14,17)18)22(19,20)12-4-2-1-3-5-12;/h1-8,15,17-18H,9-10,16H2;1H. The summed E-state index contributed by atoms with van der Waals surface area (Å²) in [5.41, 5.74) is 6.83. The smallest absolute Gasteiger partial charge is 0.187 e. The molecule has 0 amide bonds. The van der Waals surface area contributed by atoms with Crippen LogP contribution in [0, 0.1) is 0 Å². The minimum Gasteiger partial charge on any atom is -0.326 e. The number of sulfone groups is 1. The van der Waals surface area contributed by atoms with Crippen molar-refractivity contribution in [1.82, 2.24) is 0 Å². The van der Waals surface area contributed by atoms with Gasteiger partial charge in [-0.3, -0.25) is 9.11 Å². The SMILES string of the molecule is Cl.NCc1ccc2c(c1)C(S(=O)(=O)c1ccccc1)CS2(O)O. The van der Waals surface area contributed by atoms with E-state index in [9.17, 15) is 17.5 Å². The van der Waals surface area contributed by atoms with E-state index in [2.05, 4.69) is 0 Å². The van der Waals surface area contributed by atoms with Gasteiger partial charge >= 0.3 is 0 Å². The van der Waals surface area contributed by atoms with Gasteiger partial charge in [0.2, 0.25) is 0 Å². The Bertz CT molecular complexity index is 809. The Morgan fingerprint density at radius 2 is 1.78 bits per heavy atom. The first kappa shape index (κ1) is 18.3. The van der Waals surface area contributed by atoms with E-state index in [4.69, 9.17) is 5.73 Å². The molecule has 1 aliphatic rings. The van der Waals surface area contributed by atoms with Crippen molar-refractivity contribution < 1.29 is 17.5 Å². The number of halogens is 1. The lowest BCUT2D eigenvalue weighted by Gasteiger charge is -2.27. The van der Waals surface area contributed by atoms with Crippen LogP contribution in [-0.4, -0.2) is 23.3 Å². The average Bonchev–Trinajstić information content (AvgIpc) is 2.80. The molecule has 23 heavy (non-hydrogen) atoms. The van der Waals surface area contributed by atoms with Gasteiger partial charge in [-0.2, -0.15) is 10.6 Å². The maximum atomic E-state index is 12.8. The van der Waals surface area contributed by atoms with Gasteiger partial charge in [0, 0.05) is 6.54 Å². The minimum atomic E-state index is -3.69. The Morgan fingerprint density at radius 1 is 1.13 bits per heavy atom. The Kier molecular flexibility index (Phi) is 5.10. The summed E-state index contributed by atoms with van der Waals surface area (Å²) in [7, 11) is -6.78. The molecule has 0 aliphatic carbocycles. The first-order valence-electron chi connectivity index (χ1n) is 6.74. The van der Waals surface area contributed by atoms with E-state index < -0.39 is 25.7 Å². The second-order valence-corrected chi connectivity index (χ2v) is 9.49. The zero-order valence-electron chi connectivity index (χ0n) is 12.1. The Balaban J connectivity index is 0.00000192. The molecule has 0 spiro atoms. The number of hydrogen-bond donors (Lipinski definition) is 3. The van der Waals surface area contributed by atoms with E-state index >= 15 is 0 Å². The zero-order valence-corrected chi connectivity index (χ0v) is 14.6. The zero-order chi connectivity index (χ0) is 16.0. The van der Waals surface area contributed by atoms with E-state index in [1.807, 2.05) is 0 Å². The maximum Gasteiger partial charge on any atom is 0.187 e. The van der Waals surface area contributed by atoms with Gasteiger partial charge in [0.25, 0.3) is 0 Å². The number of hydrogen-bond acceptors (Lipinski definition) is 5. The van der Waals surface area contributed by atoms with Gasteiger partial charge in [-0.1, -0.05) is 30.3 Å². The Hall–Kier alpha value is -1.09. The summed E-state index contributed by atoms with van der Waals surface area (Å²) in [6.45, 7) is 0.268. The van der Waals surface area contributed by atoms with Crippen molar-refractivity contribution in [3.8, 4) is 0 Å². The molecule has 0 bridgehead atoms. The normalized spacial score (nSPS) is 20.4. The van der Waals surface area contributed by atoms with Crippen LogP contribution >= 0.6 is 23.0 Å². The molecule has 1 aliphatic heterocycles. The molecule has 1 atom stereocenters. The molecular weight excluding hydrogens is 358 g/mol. The van der Waals surface area contributed by atoms with E-state index in [0.717, 1.165) is 5.56 Å². The van der Waals surface area contributed by atoms with Crippen LogP contribution in [0.5, 0.6) is 0 Å². The van der Waals surface area contributed by atoms with Crippen molar-refractivity contribution in [3.63, 3.8) is 0 Å². The number of rotatable bonds is 3. The lowest BCUT2D eigenvalue weighted by atomic mass is 10.1. The minimum absolute atomic E-state index is 0. The van der Waals surface area contributed by atoms with Crippen molar-refractivity contribution in [2.24, 2.45) is 5.73 Å². The molecule has 0 saturated carbocycles. The lowest BCUT2D eigenvalue weighted by molar-refractivity contribution is 0.491. The van der Waals surface area contributed by atoms with Crippen molar-refractivity contribution in [2.75, 3.05) is 5.75 Å². The quantitative estimate of drug-likeness (QED) is 0.764. The van der Waals surface area contributed by atoms with Gasteiger partial charge in [0.05, 0.1) is 15.5 Å². The topological polar surface area (TPSA) is 101 Å². The monoisotopic (exact) mass is 375 g/mol. The molecule has 1 unspecified atom stereocenters. The summed E-state index contributed by atoms with van der Waals surface area (Å²) in [6.07, 6.45) is 0. The Labute approximate surface area is 143 Å². The molecule has 3 rings (SSSR count). The highest BCUT2D eigenvalue weighted by Crippen LogP contribution is 2.61. The van der Waals surface area contributed by atoms with Crippen LogP contribution in [0.3, 0.4) is 0 Å². The predicted molar refractivity (Wildman–Crippen MR) is 93.9 cm³/mol. The molecule has 0 radical (unpaired) electrons. The van der Waals surface area contributed by atoms with Gasteiger partial charge < -0.3 is 5.73 Å². The van der Waals surface area contributed by atoms with Gasteiger partial charge in [-0.05, 0) is 29.3 Å². The summed E-state index contributed by atoms with van der Waals surface area (Å²) in [6, 6.07) is 13.0. The summed E-state index contributed by atoms with van der Waals surface area (Å²) in [5, 5.41) is -0.957. The van der Waals surface area contributed by atoms with Crippen molar-refractivity contribution in [1.29, 1.82) is 0 Å². The van der Waals surface area contributed by atoms with Crippen LogP contribution in [0.4, 0.5) is 0 Å². The third-order valence-electron chi connectivity index (χ3n) is 3.84. The molecule has 0 fully saturated rings. The van der Waals surface area contributed by atoms with Crippen LogP contribution in [0.25, 0.3) is 0 Å². The van der Waals surface area contributed by atoms with Gasteiger partial charge in [-0.25, -0.2) is 8.42 Å². The number of benzene rings is 2. The predicted octanol–water partition coefficient (Wildman–Crippen LogP) is 3.21. The van der Waals surface area contributed by atoms with Gasteiger partial charge in [0.1, 0.15) is 5.25 Å². The maximum absolute atomic E-state index is 12.8. The molecule has 0 aromatic heterocycles. The fourth-order valence-electron chi connectivity index (χ4n) is 2.70. The first-order valence-corrected chi connectivity index (χ1v) is 10.0. The molecule has 8 heteroatoms. The molecular formula is C15H18ClNO4S2. The highest BCUT2D eigenvalue weighted by atomic mass is 35.5. The van der Waals surface area contributed by atoms with Crippen LogP contribution in [0.1, 0.15) is 16.4 Å². The molecule has 4 N–H and O–H groups in total. The molecule has 126 valence electrons. The van der Waals surface area contributed by atoms with E-state index in [0.29, 0.717) is 10.5 Å². The highest BCUT2D eigenvalue weighted by Gasteiger charge is 2.43. The van der Waals surface area contributed by atoms with E-state index in [1.165, 1.54) is 12.1 Å². The van der Waals surface area contributed by atoms with Crippen LogP contribution < -0.4 is 5.73 Å². The van der Waals surface area contributed by atoms with Gasteiger partial charge in [-0.15, -0.1) is 12.4 Å². The fourth-order valence-corrected chi connectivity index (χ4v) is 7.10. The fraction of sp³-hybridized carbons (Fsp3) is 0.200. The first-order chi connectivity index (χ1) is 10.4. The average molecular weight is 376 g/mol. The van der Waals surface area contributed by atoms with Crippen LogP contribution in [0.15, 0.2) is 58.3 Å². The Morgan fingerprint density at radius 3 is 2.39 bits per heavy atom. The highest BCUT2D eigenvalue weighted by molar-refractivity contribution is 8.25. The van der Waals surface area contributed by atoms with E-state index in [-0.39, 0.29) is 29.6 Å². The number of nitrogens with two attached hydrogens (primary N) is 1. The second kappa shape index (κ2) is 6.43. The molecule has 5 nitrogen and oxygen atoms in total. The van der Waals surface area contributed by atoms with Crippen molar-refractivity contribution in [2.45, 2.75) is 21.6 Å². The second-order valence-electron chi connectivity index (χ2n) is 5.26. The van der Waals surface area contributed by atoms with Crippen molar-refractivity contribution >= 4 is 32.8 Å². The molecule has 2 aromatic rings. The van der Waals surface area contributed by atoms with Crippen LogP contribution in [-0.2, 0) is 16.4 Å². The van der Waals surface area contributed by atoms with E-state index in [1.54, 1.807) is 36.4 Å². The summed E-state index contributed by atoms with van der Waals surface area (Å²) in [5.74, 6) is -0.201. The molecule has 0 saturated heterocycles. The summed E-state index contributed by atoms with van der Waals surface area (Å²) >= 11 is 0. The lowest BCUT2D eigenvalue weighted by Crippen LogP contribution is -2.15. The molecule has 1 heterocycles. The summed E-state index contributed by atoms with van der Waals surface area (Å²) in [4.78, 5) is 0.496.